The minimum Gasteiger partial charge on any atom is -0.370 e. The van der Waals surface area contributed by atoms with Crippen LogP contribution in [0.15, 0.2) is 27.6 Å². The summed E-state index contributed by atoms with van der Waals surface area (Å²) in [4.78, 5) is 39.5. The lowest BCUT2D eigenvalue weighted by Gasteiger charge is -2.37. The Balaban J connectivity index is 1.22. The number of anilines is 1. The van der Waals surface area contributed by atoms with E-state index in [2.05, 4.69) is 35.2 Å². The lowest BCUT2D eigenvalue weighted by Crippen LogP contribution is -2.44. The van der Waals surface area contributed by atoms with Gasteiger partial charge in [-0.05, 0) is 37.9 Å². The van der Waals surface area contributed by atoms with E-state index in [1.165, 1.54) is 0 Å². The molecule has 35 heavy (non-hydrogen) atoms. The first-order valence-corrected chi connectivity index (χ1v) is 11.4. The van der Waals surface area contributed by atoms with Gasteiger partial charge < -0.3 is 19.7 Å². The summed E-state index contributed by atoms with van der Waals surface area (Å²) >= 11 is 0. The molecule has 2 aliphatic heterocycles. The van der Waals surface area contributed by atoms with E-state index in [1.807, 2.05) is 6.07 Å². The zero-order valence-corrected chi connectivity index (χ0v) is 18.9. The van der Waals surface area contributed by atoms with Crippen molar-refractivity contribution in [2.75, 3.05) is 38.1 Å². The summed E-state index contributed by atoms with van der Waals surface area (Å²) in [6.07, 6.45) is -0.473. The number of nitrogens with one attached hydrogen (secondary N) is 2. The third kappa shape index (κ3) is 4.47. The number of likely N-dealkylation sites (tertiary alicyclic amines) is 1. The third-order valence-corrected chi connectivity index (χ3v) is 6.79. The van der Waals surface area contributed by atoms with Crippen LogP contribution in [0.4, 0.5) is 18.9 Å². The number of carbonyl (C=O) groups is 1. The first-order chi connectivity index (χ1) is 16.7. The van der Waals surface area contributed by atoms with Crippen LogP contribution >= 0.6 is 0 Å². The van der Waals surface area contributed by atoms with Crippen molar-refractivity contribution in [3.05, 3.63) is 45.9 Å². The molecule has 3 aromatic heterocycles. The van der Waals surface area contributed by atoms with Crippen molar-refractivity contribution in [3.63, 3.8) is 0 Å². The molecule has 2 aliphatic rings. The second-order valence-electron chi connectivity index (χ2n) is 8.84. The summed E-state index contributed by atoms with van der Waals surface area (Å²) < 4.78 is 43.9. The van der Waals surface area contributed by atoms with Crippen molar-refractivity contribution in [1.82, 2.24) is 30.3 Å². The van der Waals surface area contributed by atoms with Gasteiger partial charge in [-0.3, -0.25) is 14.5 Å². The average molecular weight is 491 g/mol. The number of hydrogen-bond acceptors (Lipinski definition) is 8. The summed E-state index contributed by atoms with van der Waals surface area (Å²) in [7, 11) is 1.57. The average Bonchev–Trinajstić information content (AvgIpc) is 3.52. The van der Waals surface area contributed by atoms with Gasteiger partial charge in [0.15, 0.2) is 0 Å². The first-order valence-electron chi connectivity index (χ1n) is 11.4. The summed E-state index contributed by atoms with van der Waals surface area (Å²) in [5.41, 5.74) is -1.29. The number of pyridine rings is 1. The molecule has 3 aromatic rings. The van der Waals surface area contributed by atoms with Crippen LogP contribution in [0, 0.1) is 0 Å². The molecule has 1 amide bonds. The van der Waals surface area contributed by atoms with Crippen LogP contribution in [0.25, 0.3) is 11.1 Å². The molecule has 0 saturated carbocycles. The Morgan fingerprint density at radius 2 is 1.97 bits per heavy atom. The predicted molar refractivity (Wildman–Crippen MR) is 119 cm³/mol. The van der Waals surface area contributed by atoms with Crippen molar-refractivity contribution in [2.24, 2.45) is 0 Å². The molecule has 5 heterocycles. The van der Waals surface area contributed by atoms with Crippen molar-refractivity contribution in [1.29, 1.82) is 0 Å². The van der Waals surface area contributed by atoms with Crippen LogP contribution in [0.3, 0.4) is 0 Å². The number of piperidine rings is 1. The minimum atomic E-state index is -4.79. The fourth-order valence-corrected chi connectivity index (χ4v) is 4.93. The van der Waals surface area contributed by atoms with Gasteiger partial charge in [0, 0.05) is 38.6 Å². The number of H-pyrrole nitrogens is 1. The highest BCUT2D eigenvalue weighted by molar-refractivity contribution is 5.92. The van der Waals surface area contributed by atoms with Gasteiger partial charge in [0.2, 0.25) is 5.69 Å². The van der Waals surface area contributed by atoms with Gasteiger partial charge in [-0.1, -0.05) is 5.16 Å². The summed E-state index contributed by atoms with van der Waals surface area (Å²) in [6, 6.07) is 3.96. The fraction of sp³-hybridized carbons (Fsp3) is 0.500. The standard InChI is InChI=1S/C22H24F3N7O3/c1-26-19(33)15-3-2-14(10-27-15)31-8-5-13(6-9-31)32-7-4-12(11-32)18-28-20(34)16-17(22(23,24)25)30-35-21(16)29-18/h2-3,10,12-13H,4-9,11H2,1H3,(H,26,33)(H,28,29,34). The number of rotatable bonds is 4. The lowest BCUT2D eigenvalue weighted by atomic mass is 10.0. The number of amides is 1. The first kappa shape index (κ1) is 23.3. The van der Waals surface area contributed by atoms with Gasteiger partial charge >= 0.3 is 6.18 Å². The highest BCUT2D eigenvalue weighted by atomic mass is 19.4. The maximum Gasteiger partial charge on any atom is 0.437 e. The molecule has 10 nitrogen and oxygen atoms in total. The molecule has 0 bridgehead atoms. The largest absolute Gasteiger partial charge is 0.437 e. The number of fused-ring (bicyclic) bond motifs is 1. The highest BCUT2D eigenvalue weighted by Crippen LogP contribution is 2.34. The molecule has 0 aliphatic carbocycles. The van der Waals surface area contributed by atoms with Crippen LogP contribution in [0.1, 0.15) is 47.2 Å². The van der Waals surface area contributed by atoms with Crippen LogP contribution in [-0.4, -0.2) is 70.2 Å². The number of aromatic amines is 1. The lowest BCUT2D eigenvalue weighted by molar-refractivity contribution is -0.141. The molecule has 0 radical (unpaired) electrons. The number of aromatic nitrogens is 4. The molecular formula is C22H24F3N7O3. The SMILES string of the molecule is CNC(=O)c1ccc(N2CCC(N3CCC(c4nc5onc(C(F)(F)F)c5c(=O)[nH]4)C3)CC2)cn1. The van der Waals surface area contributed by atoms with Gasteiger partial charge in [0.05, 0.1) is 11.9 Å². The monoisotopic (exact) mass is 491 g/mol. The molecule has 0 aromatic carbocycles. The van der Waals surface area contributed by atoms with Gasteiger partial charge in [0.25, 0.3) is 17.2 Å². The van der Waals surface area contributed by atoms with E-state index < -0.39 is 22.8 Å². The predicted octanol–water partition coefficient (Wildman–Crippen LogP) is 2.14. The van der Waals surface area contributed by atoms with Gasteiger partial charge in [-0.15, -0.1) is 0 Å². The topological polar surface area (TPSA) is 120 Å². The van der Waals surface area contributed by atoms with E-state index in [4.69, 9.17) is 4.52 Å². The van der Waals surface area contributed by atoms with E-state index in [9.17, 15) is 22.8 Å². The molecular weight excluding hydrogens is 467 g/mol. The smallest absolute Gasteiger partial charge is 0.370 e. The van der Waals surface area contributed by atoms with Gasteiger partial charge in [0.1, 0.15) is 16.9 Å². The molecule has 186 valence electrons. The molecule has 1 unspecified atom stereocenters. The second kappa shape index (κ2) is 8.95. The number of carbonyl (C=O) groups excluding carboxylic acids is 1. The maximum atomic E-state index is 13.1. The van der Waals surface area contributed by atoms with Gasteiger partial charge in [-0.2, -0.15) is 18.2 Å². The Labute approximate surface area is 197 Å². The Kier molecular flexibility index (Phi) is 5.95. The highest BCUT2D eigenvalue weighted by Gasteiger charge is 2.39. The minimum absolute atomic E-state index is 0.106. The third-order valence-electron chi connectivity index (χ3n) is 6.79. The normalized spacial score (nSPS) is 20.0. The van der Waals surface area contributed by atoms with Crippen LogP contribution in [-0.2, 0) is 6.18 Å². The molecule has 5 rings (SSSR count). The Bertz CT molecular complexity index is 1280. The zero-order chi connectivity index (χ0) is 24.7. The van der Waals surface area contributed by atoms with E-state index >= 15 is 0 Å². The zero-order valence-electron chi connectivity index (χ0n) is 18.9. The van der Waals surface area contributed by atoms with Crippen molar-refractivity contribution in [2.45, 2.75) is 37.4 Å². The van der Waals surface area contributed by atoms with E-state index in [1.54, 1.807) is 19.3 Å². The Hall–Kier alpha value is -3.48. The van der Waals surface area contributed by atoms with Crippen LogP contribution in [0.2, 0.25) is 0 Å². The summed E-state index contributed by atoms with van der Waals surface area (Å²) in [5.74, 6) is -0.00135. The maximum absolute atomic E-state index is 13.1. The van der Waals surface area contributed by atoms with Crippen molar-refractivity contribution < 1.29 is 22.5 Å². The van der Waals surface area contributed by atoms with E-state index in [0.29, 0.717) is 24.1 Å². The Morgan fingerprint density at radius 3 is 2.63 bits per heavy atom. The molecule has 1 atom stereocenters. The summed E-state index contributed by atoms with van der Waals surface area (Å²) in [5, 5.41) is 4.90. The van der Waals surface area contributed by atoms with Crippen molar-refractivity contribution in [3.8, 4) is 0 Å². The number of alkyl halides is 3. The van der Waals surface area contributed by atoms with E-state index in [0.717, 1.165) is 44.6 Å². The Morgan fingerprint density at radius 1 is 1.20 bits per heavy atom. The molecule has 0 spiro atoms. The second-order valence-corrected chi connectivity index (χ2v) is 8.84. The molecule has 2 fully saturated rings. The van der Waals surface area contributed by atoms with Crippen LogP contribution < -0.4 is 15.8 Å². The molecule has 2 saturated heterocycles. The molecule has 13 heteroatoms. The van der Waals surface area contributed by atoms with E-state index in [-0.39, 0.29) is 17.5 Å². The summed E-state index contributed by atoms with van der Waals surface area (Å²) in [6.45, 7) is 3.14. The van der Waals surface area contributed by atoms with Crippen molar-refractivity contribution >= 4 is 22.7 Å². The quantitative estimate of drug-likeness (QED) is 0.570. The fourth-order valence-electron chi connectivity index (χ4n) is 4.93. The molecule has 2 N–H and O–H groups in total. The number of halogens is 3. The number of hydrogen-bond donors (Lipinski definition) is 2. The van der Waals surface area contributed by atoms with Crippen LogP contribution in [0.5, 0.6) is 0 Å². The number of nitrogens with zero attached hydrogens (tertiary/aromatic N) is 5. The van der Waals surface area contributed by atoms with Gasteiger partial charge in [-0.25, -0.2) is 4.98 Å².